The smallest absolute Gasteiger partial charge is 0.196 e. The molecule has 0 N–H and O–H groups in total. The summed E-state index contributed by atoms with van der Waals surface area (Å²) < 4.78 is 8.57. The fourth-order valence-electron chi connectivity index (χ4n) is 4.20. The van der Waals surface area contributed by atoms with Gasteiger partial charge in [-0.3, -0.25) is 4.99 Å². The van der Waals surface area contributed by atoms with Crippen LogP contribution < -0.4 is 4.74 Å². The van der Waals surface area contributed by atoms with Crippen LogP contribution in [0.2, 0.25) is 0 Å². The van der Waals surface area contributed by atoms with Crippen molar-refractivity contribution < 1.29 is 4.74 Å². The third-order valence-electron chi connectivity index (χ3n) is 5.89. The molecule has 2 aliphatic heterocycles. The van der Waals surface area contributed by atoms with Crippen LogP contribution in [-0.2, 0) is 7.05 Å². The van der Waals surface area contributed by atoms with E-state index >= 15 is 0 Å². The first kappa shape index (κ1) is 16.0. The lowest BCUT2D eigenvalue weighted by atomic mass is 10.1. The molecule has 0 atom stereocenters. The Labute approximate surface area is 154 Å². The van der Waals surface area contributed by atoms with E-state index in [4.69, 9.17) is 9.72 Å². The number of aromatic nitrogens is 2. The van der Waals surface area contributed by atoms with Gasteiger partial charge in [0.25, 0.3) is 0 Å². The molecule has 0 radical (unpaired) electrons. The molecule has 3 heterocycles. The number of nitrogens with zero attached hydrogens (tertiary/aromatic N) is 5. The number of imidazole rings is 1. The first-order valence-corrected chi connectivity index (χ1v) is 9.82. The number of piperidine rings is 1. The predicted molar refractivity (Wildman–Crippen MR) is 103 cm³/mol. The lowest BCUT2D eigenvalue weighted by molar-refractivity contribution is 0.127. The van der Waals surface area contributed by atoms with Crippen molar-refractivity contribution in [2.24, 2.45) is 12.0 Å². The number of guanidine groups is 1. The van der Waals surface area contributed by atoms with Crippen LogP contribution in [0.3, 0.4) is 0 Å². The molecule has 26 heavy (non-hydrogen) atoms. The maximum absolute atomic E-state index is 6.32. The molecule has 0 bridgehead atoms. The Morgan fingerprint density at radius 2 is 1.85 bits per heavy atom. The zero-order chi connectivity index (χ0) is 17.7. The van der Waals surface area contributed by atoms with Crippen molar-refractivity contribution in [3.63, 3.8) is 0 Å². The van der Waals surface area contributed by atoms with Crippen molar-refractivity contribution >= 4 is 17.0 Å². The summed E-state index contributed by atoms with van der Waals surface area (Å²) in [5.74, 6) is 4.02. The number of likely N-dealkylation sites (tertiary alicyclic amines) is 1. The van der Waals surface area contributed by atoms with Gasteiger partial charge in [0.1, 0.15) is 17.7 Å². The maximum atomic E-state index is 6.32. The lowest BCUT2D eigenvalue weighted by Gasteiger charge is -2.35. The van der Waals surface area contributed by atoms with Crippen LogP contribution >= 0.6 is 0 Å². The third kappa shape index (κ3) is 2.81. The van der Waals surface area contributed by atoms with Crippen LogP contribution in [0.5, 0.6) is 5.75 Å². The lowest BCUT2D eigenvalue weighted by Crippen LogP contribution is -2.46. The Hall–Kier alpha value is -2.24. The molecule has 1 aliphatic carbocycles. The van der Waals surface area contributed by atoms with Crippen molar-refractivity contribution in [3.05, 3.63) is 24.0 Å². The highest BCUT2D eigenvalue weighted by atomic mass is 16.5. The van der Waals surface area contributed by atoms with Crippen LogP contribution in [-0.4, -0.2) is 64.6 Å². The molecule has 138 valence electrons. The van der Waals surface area contributed by atoms with Crippen molar-refractivity contribution in [2.45, 2.75) is 37.7 Å². The number of rotatable bonds is 3. The maximum Gasteiger partial charge on any atom is 0.196 e. The second-order valence-corrected chi connectivity index (χ2v) is 7.86. The van der Waals surface area contributed by atoms with Gasteiger partial charge in [0.15, 0.2) is 5.96 Å². The van der Waals surface area contributed by atoms with E-state index in [1.807, 2.05) is 0 Å². The summed E-state index contributed by atoms with van der Waals surface area (Å²) in [5.41, 5.74) is 2.27. The molecule has 2 fully saturated rings. The van der Waals surface area contributed by atoms with Crippen LogP contribution in [0.4, 0.5) is 0 Å². The predicted octanol–water partition coefficient (Wildman–Crippen LogP) is 2.60. The third-order valence-corrected chi connectivity index (χ3v) is 5.89. The van der Waals surface area contributed by atoms with Gasteiger partial charge in [-0.25, -0.2) is 4.98 Å². The summed E-state index contributed by atoms with van der Waals surface area (Å²) in [6.07, 6.45) is 4.93. The van der Waals surface area contributed by atoms with Gasteiger partial charge in [0.2, 0.25) is 0 Å². The van der Waals surface area contributed by atoms with Gasteiger partial charge in [0, 0.05) is 58.6 Å². The fourth-order valence-corrected chi connectivity index (χ4v) is 4.20. The number of fused-ring (bicyclic) bond motifs is 1. The molecule has 1 saturated heterocycles. The molecule has 0 unspecified atom stereocenters. The average Bonchev–Trinajstić information content (AvgIpc) is 3.33. The van der Waals surface area contributed by atoms with Gasteiger partial charge in [-0.15, -0.1) is 0 Å². The van der Waals surface area contributed by atoms with Crippen molar-refractivity contribution in [2.75, 3.05) is 33.2 Å². The minimum Gasteiger partial charge on any atom is -0.490 e. The monoisotopic (exact) mass is 353 g/mol. The van der Waals surface area contributed by atoms with E-state index < -0.39 is 0 Å². The summed E-state index contributed by atoms with van der Waals surface area (Å²) in [6, 6.07) is 6.34. The Morgan fingerprint density at radius 3 is 2.54 bits per heavy atom. The molecule has 0 spiro atoms. The topological polar surface area (TPSA) is 45.9 Å². The van der Waals surface area contributed by atoms with Gasteiger partial charge in [-0.2, -0.15) is 0 Å². The molecule has 6 heteroatoms. The van der Waals surface area contributed by atoms with Crippen LogP contribution in [0, 0.1) is 0 Å². The molecule has 6 nitrogen and oxygen atoms in total. The zero-order valence-corrected chi connectivity index (χ0v) is 15.7. The highest BCUT2D eigenvalue weighted by Gasteiger charge is 2.29. The van der Waals surface area contributed by atoms with Gasteiger partial charge < -0.3 is 19.1 Å². The Balaban J connectivity index is 1.26. The van der Waals surface area contributed by atoms with E-state index in [0.29, 0.717) is 5.92 Å². The van der Waals surface area contributed by atoms with Gasteiger partial charge in [-0.1, -0.05) is 0 Å². The molecule has 3 aliphatic rings. The number of ether oxygens (including phenoxy) is 1. The normalized spacial score (nSPS) is 21.5. The summed E-state index contributed by atoms with van der Waals surface area (Å²) in [7, 11) is 4.26. The highest BCUT2D eigenvalue weighted by Crippen LogP contribution is 2.40. The van der Waals surface area contributed by atoms with Gasteiger partial charge >= 0.3 is 0 Å². The van der Waals surface area contributed by atoms with E-state index in [1.165, 1.54) is 24.2 Å². The summed E-state index contributed by atoms with van der Waals surface area (Å²) in [5, 5.41) is 0. The van der Waals surface area contributed by atoms with E-state index in [2.05, 4.69) is 51.7 Å². The van der Waals surface area contributed by atoms with Crippen LogP contribution in [0.15, 0.2) is 23.2 Å². The molecular weight excluding hydrogens is 326 g/mol. The molecule has 1 aromatic heterocycles. The zero-order valence-electron chi connectivity index (χ0n) is 15.7. The van der Waals surface area contributed by atoms with Crippen LogP contribution in [0.25, 0.3) is 11.0 Å². The molecule has 2 aromatic rings. The van der Waals surface area contributed by atoms with Gasteiger partial charge in [0.05, 0.1) is 17.6 Å². The molecule has 1 aromatic carbocycles. The number of likely N-dealkylation sites (N-methyl/N-ethyl adjacent to an activating group) is 1. The molecule has 1 saturated carbocycles. The number of aryl methyl sites for hydroxylation is 1. The van der Waals surface area contributed by atoms with Gasteiger partial charge in [-0.05, 0) is 25.0 Å². The molecule has 0 amide bonds. The minimum absolute atomic E-state index is 0.284. The standard InChI is InChI=1S/C20H27N5O/c1-23-12-9-21-20(23)25-10-7-15(8-11-25)26-16-5-6-17-18(13-16)24(2)19(22-17)14-3-4-14/h5-6,13-15H,3-4,7-12H2,1-2H3. The first-order chi connectivity index (χ1) is 12.7. The molecule has 5 rings (SSSR count). The Bertz CT molecular complexity index is 845. The number of benzene rings is 1. The largest absolute Gasteiger partial charge is 0.490 e. The van der Waals surface area contributed by atoms with Crippen molar-refractivity contribution in [1.29, 1.82) is 0 Å². The highest BCUT2D eigenvalue weighted by molar-refractivity contribution is 5.81. The summed E-state index contributed by atoms with van der Waals surface area (Å²) in [6.45, 7) is 4.01. The average molecular weight is 353 g/mol. The van der Waals surface area contributed by atoms with E-state index in [1.54, 1.807) is 0 Å². The van der Waals surface area contributed by atoms with E-state index in [0.717, 1.165) is 56.2 Å². The SMILES string of the molecule is CN1CCN=C1N1CCC(Oc2ccc3nc(C4CC4)n(C)c3c2)CC1. The van der Waals surface area contributed by atoms with Crippen molar-refractivity contribution in [3.8, 4) is 5.75 Å². The quantitative estimate of drug-likeness (QED) is 0.851. The number of hydrogen-bond donors (Lipinski definition) is 0. The molecular formula is C20H27N5O. The fraction of sp³-hybridized carbons (Fsp3) is 0.600. The second-order valence-electron chi connectivity index (χ2n) is 7.86. The number of aliphatic imine (C=N–C) groups is 1. The van der Waals surface area contributed by atoms with Crippen molar-refractivity contribution in [1.82, 2.24) is 19.4 Å². The second kappa shape index (κ2) is 6.18. The van der Waals surface area contributed by atoms with Crippen LogP contribution in [0.1, 0.15) is 37.4 Å². The Morgan fingerprint density at radius 1 is 1.04 bits per heavy atom. The first-order valence-electron chi connectivity index (χ1n) is 9.82. The van der Waals surface area contributed by atoms with E-state index in [-0.39, 0.29) is 6.10 Å². The summed E-state index contributed by atoms with van der Waals surface area (Å²) >= 11 is 0. The summed E-state index contributed by atoms with van der Waals surface area (Å²) in [4.78, 5) is 14.1. The van der Waals surface area contributed by atoms with E-state index in [9.17, 15) is 0 Å². The number of hydrogen-bond acceptors (Lipinski definition) is 5. The minimum atomic E-state index is 0.284. The Kier molecular flexibility index (Phi) is 3.80.